The van der Waals surface area contributed by atoms with Gasteiger partial charge >= 0.3 is 18.1 Å². The molecule has 0 N–H and O–H groups in total. The van der Waals surface area contributed by atoms with Crippen molar-refractivity contribution in [3.63, 3.8) is 0 Å². The summed E-state index contributed by atoms with van der Waals surface area (Å²) in [6.45, 7) is 6.26. The minimum absolute atomic E-state index is 0.190. The van der Waals surface area contributed by atoms with Crippen molar-refractivity contribution in [2.45, 2.75) is 83.1 Å². The first-order valence-electron chi connectivity index (χ1n) is 8.74. The Morgan fingerprint density at radius 2 is 1.68 bits per heavy atom. The third kappa shape index (κ3) is 10.9. The molecule has 25 heavy (non-hydrogen) atoms. The Balaban J connectivity index is 4.11. The number of hydrogen-bond acceptors (Lipinski definition) is 3. The Hall–Kier alpha value is -0.530. The van der Waals surface area contributed by atoms with Crippen LogP contribution in [0.5, 0.6) is 0 Å². The Morgan fingerprint density at radius 1 is 1.04 bits per heavy atom. The lowest BCUT2D eigenvalue weighted by Gasteiger charge is -2.19. The molecule has 0 saturated carbocycles. The first-order chi connectivity index (χ1) is 11.5. The summed E-state index contributed by atoms with van der Waals surface area (Å²) in [5.74, 6) is -4.10. The number of esters is 1. The van der Waals surface area contributed by atoms with Gasteiger partial charge in [0.05, 0.1) is 6.61 Å². The largest absolute Gasteiger partial charge is 0.465 e. The van der Waals surface area contributed by atoms with Crippen LogP contribution < -0.4 is 0 Å². The number of ether oxygens (including phenoxy) is 1. The second-order valence-electron chi connectivity index (χ2n) is 6.54. The first kappa shape index (κ1) is 24.5. The fourth-order valence-corrected chi connectivity index (χ4v) is 3.19. The molecule has 0 saturated heterocycles. The molecule has 0 rings (SSSR count). The van der Waals surface area contributed by atoms with Crippen LogP contribution in [0.3, 0.4) is 0 Å². The Morgan fingerprint density at radius 3 is 2.20 bits per heavy atom. The molecule has 0 amide bonds. The van der Waals surface area contributed by atoms with Crippen molar-refractivity contribution in [3.05, 3.63) is 0 Å². The summed E-state index contributed by atoms with van der Waals surface area (Å²) in [4.78, 5) is 12.0. The SMILES string of the molecule is CCCCC(SCCCCCC(F)(F)C(F)(F)F)C(=O)OCC(C)C. The van der Waals surface area contributed by atoms with Gasteiger partial charge in [0.2, 0.25) is 0 Å². The van der Waals surface area contributed by atoms with Gasteiger partial charge in [0.25, 0.3) is 0 Å². The van der Waals surface area contributed by atoms with Crippen molar-refractivity contribution in [2.24, 2.45) is 5.92 Å². The molecule has 2 nitrogen and oxygen atoms in total. The topological polar surface area (TPSA) is 26.3 Å². The lowest BCUT2D eigenvalue weighted by atomic mass is 10.1. The Labute approximate surface area is 151 Å². The van der Waals surface area contributed by atoms with E-state index < -0.39 is 18.5 Å². The van der Waals surface area contributed by atoms with E-state index in [4.69, 9.17) is 4.74 Å². The molecule has 0 aliphatic heterocycles. The third-order valence-electron chi connectivity index (χ3n) is 3.51. The van der Waals surface area contributed by atoms with E-state index in [0.717, 1.165) is 12.8 Å². The molecule has 0 fully saturated rings. The zero-order chi connectivity index (χ0) is 19.5. The zero-order valence-electron chi connectivity index (χ0n) is 15.1. The summed E-state index contributed by atoms with van der Waals surface area (Å²) in [6.07, 6.45) is -3.56. The van der Waals surface area contributed by atoms with Gasteiger partial charge in [0.1, 0.15) is 5.25 Å². The van der Waals surface area contributed by atoms with Crippen LogP contribution in [0.1, 0.15) is 65.7 Å². The maximum absolute atomic E-state index is 12.8. The molecular weight excluding hydrogens is 363 g/mol. The maximum Gasteiger partial charge on any atom is 0.453 e. The average Bonchev–Trinajstić information content (AvgIpc) is 2.49. The molecule has 0 aromatic carbocycles. The second-order valence-corrected chi connectivity index (χ2v) is 7.85. The number of carbonyl (C=O) groups excluding carboxylic acids is 1. The van der Waals surface area contributed by atoms with Gasteiger partial charge in [-0.15, -0.1) is 11.8 Å². The quantitative estimate of drug-likeness (QED) is 0.211. The molecule has 0 radical (unpaired) electrons. The zero-order valence-corrected chi connectivity index (χ0v) is 15.9. The molecule has 8 heteroatoms. The predicted octanol–water partition coefficient (Wildman–Crippen LogP) is 6.24. The van der Waals surface area contributed by atoms with Gasteiger partial charge in [-0.2, -0.15) is 22.0 Å². The highest BCUT2D eigenvalue weighted by atomic mass is 32.2. The molecule has 0 aromatic rings. The van der Waals surface area contributed by atoms with Gasteiger partial charge in [-0.1, -0.05) is 40.0 Å². The van der Waals surface area contributed by atoms with Crippen molar-refractivity contribution in [3.8, 4) is 0 Å². The van der Waals surface area contributed by atoms with Gasteiger partial charge in [0, 0.05) is 6.42 Å². The highest BCUT2D eigenvalue weighted by molar-refractivity contribution is 8.00. The molecule has 150 valence electrons. The highest BCUT2D eigenvalue weighted by Gasteiger charge is 2.56. The van der Waals surface area contributed by atoms with E-state index in [1.54, 1.807) is 0 Å². The highest BCUT2D eigenvalue weighted by Crippen LogP contribution is 2.39. The predicted molar refractivity (Wildman–Crippen MR) is 91.0 cm³/mol. The summed E-state index contributed by atoms with van der Waals surface area (Å²) in [5.41, 5.74) is 0. The van der Waals surface area contributed by atoms with Crippen LogP contribution in [0.2, 0.25) is 0 Å². The van der Waals surface area contributed by atoms with E-state index in [2.05, 4.69) is 0 Å². The number of hydrogen-bond donors (Lipinski definition) is 0. The lowest BCUT2D eigenvalue weighted by Crippen LogP contribution is -2.36. The van der Waals surface area contributed by atoms with Gasteiger partial charge in [0.15, 0.2) is 0 Å². The van der Waals surface area contributed by atoms with Gasteiger partial charge in [-0.05, 0) is 30.9 Å². The molecule has 0 spiro atoms. The van der Waals surface area contributed by atoms with Crippen LogP contribution >= 0.6 is 11.8 Å². The van der Waals surface area contributed by atoms with Crippen molar-refractivity contribution in [2.75, 3.05) is 12.4 Å². The number of halogens is 5. The number of carbonyl (C=O) groups is 1. The Bertz CT molecular complexity index is 373. The van der Waals surface area contributed by atoms with Crippen molar-refractivity contribution in [1.82, 2.24) is 0 Å². The van der Waals surface area contributed by atoms with E-state index >= 15 is 0 Å². The van der Waals surface area contributed by atoms with Crippen LogP contribution in [0.15, 0.2) is 0 Å². The summed E-state index contributed by atoms with van der Waals surface area (Å²) in [5, 5.41) is -0.296. The van der Waals surface area contributed by atoms with Crippen molar-refractivity contribution < 1.29 is 31.5 Å². The van der Waals surface area contributed by atoms with E-state index in [1.165, 1.54) is 11.8 Å². The molecule has 0 bridgehead atoms. The van der Waals surface area contributed by atoms with Gasteiger partial charge in [-0.3, -0.25) is 4.79 Å². The third-order valence-corrected chi connectivity index (χ3v) is 4.87. The van der Waals surface area contributed by atoms with Crippen LogP contribution in [-0.2, 0) is 9.53 Å². The second kappa shape index (κ2) is 12.0. The monoisotopic (exact) mass is 392 g/mol. The molecule has 1 atom stereocenters. The average molecular weight is 392 g/mol. The fraction of sp³-hybridized carbons (Fsp3) is 0.941. The minimum atomic E-state index is -5.48. The summed E-state index contributed by atoms with van der Waals surface area (Å²) in [7, 11) is 0. The smallest absolute Gasteiger partial charge is 0.453 e. The number of alkyl halides is 5. The molecule has 1 unspecified atom stereocenters. The molecule has 0 heterocycles. The molecular formula is C17H29F5O2S. The van der Waals surface area contributed by atoms with E-state index in [1.807, 2.05) is 20.8 Å². The maximum atomic E-state index is 12.8. The number of rotatable bonds is 13. The van der Waals surface area contributed by atoms with E-state index in [9.17, 15) is 26.7 Å². The Kier molecular flexibility index (Phi) is 11.7. The standard InChI is InChI=1S/C17H29F5O2S/c1-4-5-9-14(15(23)24-12-13(2)3)25-11-8-6-7-10-16(18,19)17(20,21)22/h13-14H,4-12H2,1-3H3. The van der Waals surface area contributed by atoms with Crippen LogP contribution in [-0.4, -0.2) is 35.7 Å². The molecule has 0 aromatic heterocycles. The molecule has 0 aliphatic rings. The summed E-state index contributed by atoms with van der Waals surface area (Å²) < 4.78 is 66.9. The van der Waals surface area contributed by atoms with E-state index in [0.29, 0.717) is 25.2 Å². The van der Waals surface area contributed by atoms with Crippen molar-refractivity contribution in [1.29, 1.82) is 0 Å². The van der Waals surface area contributed by atoms with Crippen LogP contribution in [0.4, 0.5) is 22.0 Å². The summed E-state index contributed by atoms with van der Waals surface area (Å²) in [6, 6.07) is 0. The fourth-order valence-electron chi connectivity index (χ4n) is 1.99. The molecule has 0 aliphatic carbocycles. The number of unbranched alkanes of at least 4 members (excludes halogenated alkanes) is 3. The number of thioether (sulfide) groups is 1. The lowest BCUT2D eigenvalue weighted by molar-refractivity contribution is -0.284. The summed E-state index contributed by atoms with van der Waals surface area (Å²) >= 11 is 1.40. The van der Waals surface area contributed by atoms with Crippen LogP contribution in [0.25, 0.3) is 0 Å². The van der Waals surface area contributed by atoms with Crippen LogP contribution in [0, 0.1) is 5.92 Å². The van der Waals surface area contributed by atoms with E-state index in [-0.39, 0.29) is 30.0 Å². The minimum Gasteiger partial charge on any atom is -0.465 e. The van der Waals surface area contributed by atoms with Gasteiger partial charge in [-0.25, -0.2) is 0 Å². The normalized spacial score (nSPS) is 14.0. The van der Waals surface area contributed by atoms with Crippen molar-refractivity contribution >= 4 is 17.7 Å². The van der Waals surface area contributed by atoms with Gasteiger partial charge < -0.3 is 4.74 Å². The first-order valence-corrected chi connectivity index (χ1v) is 9.79.